The minimum atomic E-state index is 0.0158. The second-order valence-electron chi connectivity index (χ2n) is 5.79. The molecule has 1 saturated heterocycles. The molecule has 4 nitrogen and oxygen atoms in total. The molecule has 1 N–H and O–H groups in total. The van der Waals surface area contributed by atoms with Gasteiger partial charge in [0.05, 0.1) is 17.6 Å². The monoisotopic (exact) mass is 296 g/mol. The van der Waals surface area contributed by atoms with E-state index in [4.69, 9.17) is 4.74 Å². The highest BCUT2D eigenvalue weighted by atomic mass is 32.1. The number of nitrogens with zero attached hydrogens (tertiary/aromatic N) is 1. The summed E-state index contributed by atoms with van der Waals surface area (Å²) in [5.74, 6) is 0.680. The normalized spacial score (nSPS) is 20.3. The molecule has 0 spiro atoms. The molecule has 0 saturated carbocycles. The fourth-order valence-corrected chi connectivity index (χ4v) is 3.32. The van der Waals surface area contributed by atoms with Crippen molar-refractivity contribution in [3.63, 3.8) is 0 Å². The topological polar surface area (TPSA) is 41.6 Å². The van der Waals surface area contributed by atoms with E-state index in [2.05, 4.69) is 24.1 Å². The molecule has 2 rings (SSSR count). The Labute approximate surface area is 125 Å². The molecule has 1 aromatic heterocycles. The Bertz CT molecular complexity index is 445. The van der Waals surface area contributed by atoms with Crippen LogP contribution in [0.15, 0.2) is 11.4 Å². The van der Waals surface area contributed by atoms with Crippen LogP contribution in [0.1, 0.15) is 29.1 Å². The number of rotatable bonds is 5. The molecule has 0 radical (unpaired) electrons. The van der Waals surface area contributed by atoms with E-state index in [1.54, 1.807) is 0 Å². The summed E-state index contributed by atoms with van der Waals surface area (Å²) < 4.78 is 5.73. The third-order valence-corrected chi connectivity index (χ3v) is 4.42. The molecule has 0 unspecified atom stereocenters. The van der Waals surface area contributed by atoms with Crippen molar-refractivity contribution in [3.05, 3.63) is 21.9 Å². The van der Waals surface area contributed by atoms with Crippen molar-refractivity contribution in [2.24, 2.45) is 5.92 Å². The second-order valence-corrected chi connectivity index (χ2v) is 6.71. The van der Waals surface area contributed by atoms with E-state index in [0.29, 0.717) is 12.5 Å². The molecule has 0 aliphatic carbocycles. The SMILES string of the molecule is Cc1ccsc1C(=O)NC[C@H]1CN(CC(C)C)CCO1. The number of thiophene rings is 1. The number of ether oxygens (including phenoxy) is 1. The van der Waals surface area contributed by atoms with Crippen LogP contribution in [0.4, 0.5) is 0 Å². The molecule has 2 heterocycles. The molecule has 1 atom stereocenters. The van der Waals surface area contributed by atoms with Gasteiger partial charge in [-0.3, -0.25) is 9.69 Å². The van der Waals surface area contributed by atoms with Crippen LogP contribution in [0.25, 0.3) is 0 Å². The van der Waals surface area contributed by atoms with E-state index in [0.717, 1.165) is 36.7 Å². The fraction of sp³-hybridized carbons (Fsp3) is 0.667. The van der Waals surface area contributed by atoms with Gasteiger partial charge in [-0.05, 0) is 29.9 Å². The molecule has 1 aliphatic rings. The van der Waals surface area contributed by atoms with Crippen LogP contribution < -0.4 is 5.32 Å². The Morgan fingerprint density at radius 3 is 3.05 bits per heavy atom. The lowest BCUT2D eigenvalue weighted by atomic mass is 10.2. The first-order valence-corrected chi connectivity index (χ1v) is 8.10. The summed E-state index contributed by atoms with van der Waals surface area (Å²) in [6.45, 7) is 10.8. The van der Waals surface area contributed by atoms with E-state index >= 15 is 0 Å². The number of hydrogen-bond acceptors (Lipinski definition) is 4. The largest absolute Gasteiger partial charge is 0.374 e. The van der Waals surface area contributed by atoms with Crippen LogP contribution in [0.5, 0.6) is 0 Å². The Kier molecular flexibility index (Phi) is 5.57. The predicted molar refractivity (Wildman–Crippen MR) is 82.4 cm³/mol. The van der Waals surface area contributed by atoms with Gasteiger partial charge in [-0.25, -0.2) is 0 Å². The van der Waals surface area contributed by atoms with Crippen molar-refractivity contribution < 1.29 is 9.53 Å². The van der Waals surface area contributed by atoms with Gasteiger partial charge in [-0.2, -0.15) is 0 Å². The van der Waals surface area contributed by atoms with Crippen molar-refractivity contribution >= 4 is 17.2 Å². The Morgan fingerprint density at radius 2 is 2.40 bits per heavy atom. The highest BCUT2D eigenvalue weighted by Gasteiger charge is 2.22. The van der Waals surface area contributed by atoms with E-state index in [1.165, 1.54) is 11.3 Å². The summed E-state index contributed by atoms with van der Waals surface area (Å²) >= 11 is 1.49. The fourth-order valence-electron chi connectivity index (χ4n) is 2.48. The van der Waals surface area contributed by atoms with E-state index < -0.39 is 0 Å². The standard InChI is InChI=1S/C15H24N2O2S/c1-11(2)9-17-5-6-19-13(10-17)8-16-15(18)14-12(3)4-7-20-14/h4,7,11,13H,5-6,8-10H2,1-3H3,(H,16,18)/t13-/m0/s1. The molecular weight excluding hydrogens is 272 g/mol. The highest BCUT2D eigenvalue weighted by Crippen LogP contribution is 2.15. The van der Waals surface area contributed by atoms with Crippen LogP contribution in [0.3, 0.4) is 0 Å². The Balaban J connectivity index is 1.79. The first-order chi connectivity index (χ1) is 9.56. The highest BCUT2D eigenvalue weighted by molar-refractivity contribution is 7.12. The first kappa shape index (κ1) is 15.5. The van der Waals surface area contributed by atoms with Crippen molar-refractivity contribution in [3.8, 4) is 0 Å². The minimum absolute atomic E-state index is 0.0158. The van der Waals surface area contributed by atoms with Crippen LogP contribution in [0.2, 0.25) is 0 Å². The zero-order valence-electron chi connectivity index (χ0n) is 12.5. The predicted octanol–water partition coefficient (Wildman–Crippen LogP) is 2.14. The number of hydrogen-bond donors (Lipinski definition) is 1. The first-order valence-electron chi connectivity index (χ1n) is 7.22. The number of aryl methyl sites for hydroxylation is 1. The third kappa shape index (κ3) is 4.30. The molecule has 5 heteroatoms. The summed E-state index contributed by atoms with van der Waals surface area (Å²) in [4.78, 5) is 15.3. The number of carbonyl (C=O) groups is 1. The number of morpholine rings is 1. The lowest BCUT2D eigenvalue weighted by molar-refractivity contribution is -0.0295. The third-order valence-electron chi connectivity index (χ3n) is 3.40. The van der Waals surface area contributed by atoms with Gasteiger partial charge in [-0.15, -0.1) is 11.3 Å². The maximum absolute atomic E-state index is 12.1. The van der Waals surface area contributed by atoms with Crippen molar-refractivity contribution in [1.29, 1.82) is 0 Å². The Morgan fingerprint density at radius 1 is 1.60 bits per heavy atom. The van der Waals surface area contributed by atoms with Gasteiger partial charge in [0.15, 0.2) is 0 Å². The maximum Gasteiger partial charge on any atom is 0.261 e. The molecular formula is C15H24N2O2S. The average molecular weight is 296 g/mol. The van der Waals surface area contributed by atoms with Gasteiger partial charge in [-0.1, -0.05) is 13.8 Å². The zero-order chi connectivity index (χ0) is 14.5. The summed E-state index contributed by atoms with van der Waals surface area (Å²) in [5.41, 5.74) is 1.04. The molecule has 20 heavy (non-hydrogen) atoms. The smallest absolute Gasteiger partial charge is 0.261 e. The summed E-state index contributed by atoms with van der Waals surface area (Å²) in [7, 11) is 0. The molecule has 1 amide bonds. The van der Waals surface area contributed by atoms with Gasteiger partial charge >= 0.3 is 0 Å². The van der Waals surface area contributed by atoms with Crippen LogP contribution in [-0.4, -0.2) is 49.7 Å². The maximum atomic E-state index is 12.1. The quantitative estimate of drug-likeness (QED) is 0.905. The van der Waals surface area contributed by atoms with Crippen molar-refractivity contribution in [2.75, 3.05) is 32.8 Å². The van der Waals surface area contributed by atoms with Gasteiger partial charge in [0.1, 0.15) is 0 Å². The van der Waals surface area contributed by atoms with Gasteiger partial charge in [0, 0.05) is 26.2 Å². The van der Waals surface area contributed by atoms with Crippen molar-refractivity contribution in [2.45, 2.75) is 26.9 Å². The lowest BCUT2D eigenvalue weighted by Crippen LogP contribution is -2.48. The minimum Gasteiger partial charge on any atom is -0.374 e. The molecule has 1 aliphatic heterocycles. The molecule has 0 bridgehead atoms. The molecule has 1 fully saturated rings. The van der Waals surface area contributed by atoms with Gasteiger partial charge in [0.2, 0.25) is 0 Å². The number of nitrogens with one attached hydrogen (secondary N) is 1. The van der Waals surface area contributed by atoms with E-state index in [1.807, 2.05) is 18.4 Å². The van der Waals surface area contributed by atoms with E-state index in [9.17, 15) is 4.79 Å². The van der Waals surface area contributed by atoms with Crippen LogP contribution >= 0.6 is 11.3 Å². The van der Waals surface area contributed by atoms with Crippen LogP contribution in [-0.2, 0) is 4.74 Å². The summed E-state index contributed by atoms with van der Waals surface area (Å²) in [5, 5.41) is 4.94. The molecule has 112 valence electrons. The van der Waals surface area contributed by atoms with Gasteiger partial charge < -0.3 is 10.1 Å². The average Bonchev–Trinajstić information content (AvgIpc) is 2.82. The lowest BCUT2D eigenvalue weighted by Gasteiger charge is -2.33. The zero-order valence-corrected chi connectivity index (χ0v) is 13.3. The van der Waals surface area contributed by atoms with Gasteiger partial charge in [0.25, 0.3) is 5.91 Å². The summed E-state index contributed by atoms with van der Waals surface area (Å²) in [6, 6.07) is 1.97. The number of carbonyl (C=O) groups excluding carboxylic acids is 1. The Hall–Kier alpha value is -0.910. The van der Waals surface area contributed by atoms with Crippen molar-refractivity contribution in [1.82, 2.24) is 10.2 Å². The second kappa shape index (κ2) is 7.20. The van der Waals surface area contributed by atoms with Crippen LogP contribution in [0, 0.1) is 12.8 Å². The molecule has 1 aromatic rings. The molecule has 0 aromatic carbocycles. The summed E-state index contributed by atoms with van der Waals surface area (Å²) in [6.07, 6.45) is 0.103. The van der Waals surface area contributed by atoms with E-state index in [-0.39, 0.29) is 12.0 Å². The number of amides is 1.